The van der Waals surface area contributed by atoms with E-state index >= 15 is 0 Å². The predicted molar refractivity (Wildman–Crippen MR) is 102 cm³/mol. The third-order valence-electron chi connectivity index (χ3n) is 4.55. The van der Waals surface area contributed by atoms with Crippen molar-refractivity contribution in [2.24, 2.45) is 10.7 Å². The van der Waals surface area contributed by atoms with Crippen molar-refractivity contribution >= 4 is 35.8 Å². The zero-order valence-electron chi connectivity index (χ0n) is 13.5. The van der Waals surface area contributed by atoms with E-state index in [4.69, 9.17) is 5.73 Å². The fourth-order valence-electron chi connectivity index (χ4n) is 3.33. The summed E-state index contributed by atoms with van der Waals surface area (Å²) in [5, 5.41) is 6.37. The van der Waals surface area contributed by atoms with E-state index in [0.717, 1.165) is 12.8 Å². The van der Waals surface area contributed by atoms with Gasteiger partial charge in [-0.1, -0.05) is 38.5 Å². The molecule has 0 bridgehead atoms. The van der Waals surface area contributed by atoms with Crippen LogP contribution in [-0.4, -0.2) is 30.5 Å². The number of rotatable bonds is 5. The second-order valence-corrected chi connectivity index (χ2v) is 6.40. The highest BCUT2D eigenvalue weighted by Gasteiger charge is 2.16. The molecule has 22 heavy (non-hydrogen) atoms. The lowest BCUT2D eigenvalue weighted by Crippen LogP contribution is -2.40. The number of nitrogens with zero attached hydrogens (tertiary/aromatic N) is 1. The molecule has 6 heteroatoms. The van der Waals surface area contributed by atoms with E-state index in [1.807, 2.05) is 0 Å². The summed E-state index contributed by atoms with van der Waals surface area (Å²) in [6, 6.07) is 0.853. The first-order chi connectivity index (χ1) is 10.2. The normalized spacial score (nSPS) is 21.0. The first-order valence-electron chi connectivity index (χ1n) is 8.60. The Kier molecular flexibility index (Phi) is 9.82. The van der Waals surface area contributed by atoms with E-state index in [9.17, 15) is 4.79 Å². The van der Waals surface area contributed by atoms with Crippen molar-refractivity contribution in [2.75, 3.05) is 6.54 Å². The van der Waals surface area contributed by atoms with Gasteiger partial charge in [-0.2, -0.15) is 0 Å². The minimum absolute atomic E-state index is 0. The van der Waals surface area contributed by atoms with Crippen LogP contribution < -0.4 is 16.4 Å². The van der Waals surface area contributed by atoms with Crippen LogP contribution in [0.3, 0.4) is 0 Å². The molecule has 0 heterocycles. The van der Waals surface area contributed by atoms with Crippen LogP contribution in [0.2, 0.25) is 0 Å². The Morgan fingerprint density at radius 1 is 0.909 bits per heavy atom. The van der Waals surface area contributed by atoms with Crippen molar-refractivity contribution in [3.63, 3.8) is 0 Å². The number of guanidine groups is 1. The minimum Gasteiger partial charge on any atom is -0.370 e. The van der Waals surface area contributed by atoms with Gasteiger partial charge in [-0.05, 0) is 25.7 Å². The summed E-state index contributed by atoms with van der Waals surface area (Å²) in [4.78, 5) is 16.1. The van der Waals surface area contributed by atoms with Gasteiger partial charge in [0.05, 0.1) is 6.54 Å². The van der Waals surface area contributed by atoms with Gasteiger partial charge in [0.15, 0.2) is 5.96 Å². The Balaban J connectivity index is 0.00000242. The van der Waals surface area contributed by atoms with Gasteiger partial charge in [-0.3, -0.25) is 9.79 Å². The maximum absolute atomic E-state index is 11.8. The van der Waals surface area contributed by atoms with Crippen molar-refractivity contribution in [3.05, 3.63) is 0 Å². The molecule has 0 aromatic heterocycles. The number of nitrogens with one attached hydrogen (secondary N) is 2. The molecule has 0 unspecified atom stereocenters. The number of halogens is 1. The fraction of sp³-hybridized carbons (Fsp3) is 0.875. The summed E-state index contributed by atoms with van der Waals surface area (Å²) in [6.45, 7) is 0.476. The van der Waals surface area contributed by atoms with Crippen LogP contribution in [0.5, 0.6) is 0 Å². The molecule has 0 saturated heterocycles. The molecular formula is C16H31IN4O. The Hall–Kier alpha value is -0.530. The maximum atomic E-state index is 11.8. The zero-order valence-corrected chi connectivity index (χ0v) is 15.8. The van der Waals surface area contributed by atoms with E-state index < -0.39 is 0 Å². The average Bonchev–Trinajstić information content (AvgIpc) is 2.82. The molecule has 2 rings (SSSR count). The Labute approximate surface area is 151 Å². The topological polar surface area (TPSA) is 79.5 Å². The number of aliphatic imine (C=N–C) groups is 1. The summed E-state index contributed by atoms with van der Waals surface area (Å²) >= 11 is 0. The number of hydrogen-bond acceptors (Lipinski definition) is 2. The molecule has 0 atom stereocenters. The Bertz CT molecular complexity index is 348. The molecule has 2 aliphatic rings. The van der Waals surface area contributed by atoms with Gasteiger partial charge in [0.1, 0.15) is 0 Å². The molecule has 0 radical (unpaired) electrons. The van der Waals surface area contributed by atoms with Gasteiger partial charge < -0.3 is 16.4 Å². The summed E-state index contributed by atoms with van der Waals surface area (Å²) in [7, 11) is 0. The number of hydrogen-bond donors (Lipinski definition) is 3. The molecule has 2 fully saturated rings. The van der Waals surface area contributed by atoms with E-state index in [2.05, 4.69) is 15.6 Å². The fourth-order valence-corrected chi connectivity index (χ4v) is 3.33. The van der Waals surface area contributed by atoms with E-state index in [0.29, 0.717) is 31.0 Å². The van der Waals surface area contributed by atoms with Crippen LogP contribution >= 0.6 is 24.0 Å². The second-order valence-electron chi connectivity index (χ2n) is 6.40. The molecule has 2 aliphatic carbocycles. The molecular weight excluding hydrogens is 391 g/mol. The monoisotopic (exact) mass is 422 g/mol. The Morgan fingerprint density at radius 2 is 1.41 bits per heavy atom. The molecule has 0 aromatic carbocycles. The molecule has 1 amide bonds. The van der Waals surface area contributed by atoms with Crippen molar-refractivity contribution in [1.29, 1.82) is 0 Å². The zero-order chi connectivity index (χ0) is 14.9. The highest BCUT2D eigenvalue weighted by atomic mass is 127. The third-order valence-corrected chi connectivity index (χ3v) is 4.55. The van der Waals surface area contributed by atoms with E-state index in [-0.39, 0.29) is 29.9 Å². The van der Waals surface area contributed by atoms with Crippen molar-refractivity contribution in [2.45, 2.75) is 82.7 Å². The smallest absolute Gasteiger partial charge is 0.222 e. The van der Waals surface area contributed by atoms with Gasteiger partial charge in [0.2, 0.25) is 5.91 Å². The third kappa shape index (κ3) is 7.65. The van der Waals surface area contributed by atoms with E-state index in [1.54, 1.807) is 0 Å². The standard InChI is InChI=1S/C16H30N4O.HI/c17-16(20-14-7-3-1-2-4-8-14)18-12-11-15(21)19-13-9-5-6-10-13;/h13-14H,1-12H2,(H,19,21)(H3,17,18,20);1H. The van der Waals surface area contributed by atoms with Crippen molar-refractivity contribution in [3.8, 4) is 0 Å². The van der Waals surface area contributed by atoms with Crippen molar-refractivity contribution < 1.29 is 4.79 Å². The highest BCUT2D eigenvalue weighted by molar-refractivity contribution is 14.0. The Morgan fingerprint density at radius 3 is 2.00 bits per heavy atom. The molecule has 5 nitrogen and oxygen atoms in total. The van der Waals surface area contributed by atoms with Gasteiger partial charge in [0.25, 0.3) is 0 Å². The summed E-state index contributed by atoms with van der Waals surface area (Å²) in [6.07, 6.45) is 12.7. The lowest BCUT2D eigenvalue weighted by atomic mass is 10.1. The van der Waals surface area contributed by atoms with Crippen LogP contribution in [0.4, 0.5) is 0 Å². The van der Waals surface area contributed by atoms with Gasteiger partial charge >= 0.3 is 0 Å². The molecule has 0 spiro atoms. The second kappa shape index (κ2) is 11.1. The molecule has 2 saturated carbocycles. The van der Waals surface area contributed by atoms with Crippen molar-refractivity contribution in [1.82, 2.24) is 10.6 Å². The molecule has 128 valence electrons. The van der Waals surface area contributed by atoms with Crippen LogP contribution in [0, 0.1) is 0 Å². The molecule has 0 aromatic rings. The molecule has 0 aliphatic heterocycles. The number of amides is 1. The average molecular weight is 422 g/mol. The van der Waals surface area contributed by atoms with Gasteiger partial charge in [-0.15, -0.1) is 24.0 Å². The quantitative estimate of drug-likeness (QED) is 0.276. The number of carbonyl (C=O) groups is 1. The summed E-state index contributed by atoms with van der Waals surface area (Å²) in [5.41, 5.74) is 5.91. The molecule has 4 N–H and O–H groups in total. The lowest BCUT2D eigenvalue weighted by Gasteiger charge is -2.16. The van der Waals surface area contributed by atoms with Crippen LogP contribution in [0.25, 0.3) is 0 Å². The van der Waals surface area contributed by atoms with Gasteiger partial charge in [-0.25, -0.2) is 0 Å². The van der Waals surface area contributed by atoms with Crippen LogP contribution in [0.15, 0.2) is 4.99 Å². The van der Waals surface area contributed by atoms with E-state index in [1.165, 1.54) is 51.4 Å². The largest absolute Gasteiger partial charge is 0.370 e. The van der Waals surface area contributed by atoms with Crippen LogP contribution in [-0.2, 0) is 4.79 Å². The number of nitrogens with two attached hydrogens (primary N) is 1. The summed E-state index contributed by atoms with van der Waals surface area (Å²) in [5.74, 6) is 0.600. The number of carbonyl (C=O) groups excluding carboxylic acids is 1. The SMILES string of the molecule is I.NC(=NCCC(=O)NC1CCCC1)NC1CCCCCC1. The van der Waals surface area contributed by atoms with Crippen LogP contribution in [0.1, 0.15) is 70.6 Å². The first kappa shape index (κ1) is 19.5. The maximum Gasteiger partial charge on any atom is 0.222 e. The predicted octanol–water partition coefficient (Wildman–Crippen LogP) is 2.68. The first-order valence-corrected chi connectivity index (χ1v) is 8.60. The van der Waals surface area contributed by atoms with Gasteiger partial charge in [0, 0.05) is 18.5 Å². The lowest BCUT2D eigenvalue weighted by molar-refractivity contribution is -0.121. The minimum atomic E-state index is 0. The summed E-state index contributed by atoms with van der Waals surface area (Å²) < 4.78 is 0. The highest BCUT2D eigenvalue weighted by Crippen LogP contribution is 2.18.